The monoisotopic (exact) mass is 761 g/mol. The number of ether oxygens (including phenoxy) is 1. The third kappa shape index (κ3) is 7.35. The summed E-state index contributed by atoms with van der Waals surface area (Å²) in [5.74, 6) is -0.218. The Labute approximate surface area is 326 Å². The van der Waals surface area contributed by atoms with Gasteiger partial charge in [0.1, 0.15) is 5.75 Å². The van der Waals surface area contributed by atoms with Gasteiger partial charge < -0.3 is 19.3 Å². The maximum atomic E-state index is 14.9. The molecule has 276 valence electrons. The highest BCUT2D eigenvalue weighted by atomic mass is 35.5. The number of carbonyl (C=O) groups excluding carboxylic acids is 2. The second-order valence-corrected chi connectivity index (χ2v) is 14.4. The summed E-state index contributed by atoms with van der Waals surface area (Å²) in [5.41, 5.74) is 7.54. The van der Waals surface area contributed by atoms with Crippen molar-refractivity contribution in [3.05, 3.63) is 136 Å². The number of morpholine rings is 1. The number of aromatic nitrogens is 1. The van der Waals surface area contributed by atoms with Crippen molar-refractivity contribution in [2.24, 2.45) is 0 Å². The summed E-state index contributed by atoms with van der Waals surface area (Å²) >= 11 is 6.71. The number of phenols is 1. The average molecular weight is 763 g/mol. The molecule has 9 nitrogen and oxygen atoms in total. The van der Waals surface area contributed by atoms with Crippen LogP contribution in [0.3, 0.4) is 0 Å². The van der Waals surface area contributed by atoms with Gasteiger partial charge in [-0.15, -0.1) is 12.4 Å². The summed E-state index contributed by atoms with van der Waals surface area (Å²) in [6.45, 7) is 5.02. The molecule has 1 aromatic heterocycles. The zero-order valence-corrected chi connectivity index (χ0v) is 31.4. The number of benzene rings is 4. The van der Waals surface area contributed by atoms with Crippen molar-refractivity contribution in [1.29, 1.82) is 5.26 Å². The van der Waals surface area contributed by atoms with Crippen LogP contribution in [0.15, 0.2) is 97.1 Å². The number of hydrogen-bond acceptors (Lipinski definition) is 6. The Balaban J connectivity index is 0.00000450. The van der Waals surface area contributed by atoms with Gasteiger partial charge in [0, 0.05) is 77.7 Å². The van der Waals surface area contributed by atoms with Gasteiger partial charge in [0.05, 0.1) is 30.4 Å². The van der Waals surface area contributed by atoms with E-state index in [1.165, 1.54) is 5.56 Å². The molecule has 0 spiro atoms. The molecule has 1 atom stereocenters. The van der Waals surface area contributed by atoms with E-state index in [1.807, 2.05) is 29.2 Å². The van der Waals surface area contributed by atoms with E-state index in [4.69, 9.17) is 16.3 Å². The van der Waals surface area contributed by atoms with Gasteiger partial charge in [0.15, 0.2) is 0 Å². The Bertz CT molecular complexity index is 2210. The van der Waals surface area contributed by atoms with Crippen LogP contribution in [0.1, 0.15) is 55.9 Å². The fourth-order valence-corrected chi connectivity index (χ4v) is 8.19. The van der Waals surface area contributed by atoms with Crippen LogP contribution in [-0.2, 0) is 30.7 Å². The summed E-state index contributed by atoms with van der Waals surface area (Å²) < 4.78 is 7.81. The predicted molar refractivity (Wildman–Crippen MR) is 212 cm³/mol. The first-order valence-corrected chi connectivity index (χ1v) is 18.6. The Hall–Kier alpha value is -5.11. The first-order chi connectivity index (χ1) is 25.9. The minimum Gasteiger partial charge on any atom is -0.508 e. The molecule has 5 aromatic rings. The van der Waals surface area contributed by atoms with Crippen molar-refractivity contribution < 1.29 is 19.4 Å². The Morgan fingerprint density at radius 1 is 0.870 bits per heavy atom. The Morgan fingerprint density at radius 2 is 1.57 bits per heavy atom. The molecule has 54 heavy (non-hydrogen) atoms. The third-order valence-electron chi connectivity index (χ3n) is 10.7. The molecule has 2 amide bonds. The lowest BCUT2D eigenvalue weighted by atomic mass is 9.92. The molecular weight excluding hydrogens is 721 g/mol. The molecule has 3 aliphatic heterocycles. The highest BCUT2D eigenvalue weighted by Gasteiger charge is 2.35. The van der Waals surface area contributed by atoms with Gasteiger partial charge in [-0.3, -0.25) is 19.4 Å². The van der Waals surface area contributed by atoms with Gasteiger partial charge >= 0.3 is 0 Å². The molecule has 8 rings (SSSR count). The smallest absolute Gasteiger partial charge is 0.264 e. The number of aromatic hydroxyl groups is 1. The van der Waals surface area contributed by atoms with Crippen LogP contribution in [0.25, 0.3) is 11.3 Å². The fourth-order valence-electron chi connectivity index (χ4n) is 8.01. The van der Waals surface area contributed by atoms with Crippen LogP contribution >= 0.6 is 24.0 Å². The first-order valence-electron chi connectivity index (χ1n) is 18.2. The summed E-state index contributed by atoms with van der Waals surface area (Å²) in [4.78, 5) is 35.8. The van der Waals surface area contributed by atoms with Crippen molar-refractivity contribution in [1.82, 2.24) is 14.4 Å². The van der Waals surface area contributed by atoms with E-state index in [-0.39, 0.29) is 36.0 Å². The molecule has 4 heterocycles. The van der Waals surface area contributed by atoms with Crippen molar-refractivity contribution in [2.45, 2.75) is 44.8 Å². The van der Waals surface area contributed by atoms with Crippen molar-refractivity contribution in [2.75, 3.05) is 37.7 Å². The van der Waals surface area contributed by atoms with E-state index in [0.717, 1.165) is 55.8 Å². The normalized spacial score (nSPS) is 16.7. The number of phenolic OH excluding ortho intramolecular Hbond substituents is 1. The van der Waals surface area contributed by atoms with E-state index in [1.54, 1.807) is 59.5 Å². The minimum atomic E-state index is -0.245. The van der Waals surface area contributed by atoms with Gasteiger partial charge in [-0.1, -0.05) is 35.9 Å². The zero-order chi connectivity index (χ0) is 36.5. The van der Waals surface area contributed by atoms with E-state index >= 15 is 0 Å². The van der Waals surface area contributed by atoms with E-state index in [0.29, 0.717) is 71.4 Å². The van der Waals surface area contributed by atoms with Crippen LogP contribution in [0.4, 0.5) is 11.4 Å². The second-order valence-electron chi connectivity index (χ2n) is 14.0. The highest BCUT2D eigenvalue weighted by molar-refractivity contribution is 6.31. The first kappa shape index (κ1) is 37.2. The molecule has 4 aromatic carbocycles. The number of halogens is 2. The third-order valence-corrected chi connectivity index (χ3v) is 11.0. The van der Waals surface area contributed by atoms with Crippen LogP contribution in [0, 0.1) is 11.3 Å². The van der Waals surface area contributed by atoms with Gasteiger partial charge in [0.2, 0.25) is 0 Å². The number of hydrogen-bond donors (Lipinski definition) is 1. The molecule has 0 radical (unpaired) electrons. The second kappa shape index (κ2) is 16.1. The lowest BCUT2D eigenvalue weighted by Crippen LogP contribution is -2.52. The minimum absolute atomic E-state index is 0. The van der Waals surface area contributed by atoms with Crippen LogP contribution in [0.5, 0.6) is 5.75 Å². The molecule has 0 aliphatic carbocycles. The fraction of sp³-hybridized carbons (Fsp3) is 0.279. The Morgan fingerprint density at radius 3 is 2.30 bits per heavy atom. The topological polar surface area (TPSA) is 102 Å². The maximum Gasteiger partial charge on any atom is 0.264 e. The number of fused-ring (bicyclic) bond motifs is 2. The lowest BCUT2D eigenvalue weighted by Gasteiger charge is -2.40. The van der Waals surface area contributed by atoms with Crippen LogP contribution in [-0.4, -0.2) is 70.2 Å². The van der Waals surface area contributed by atoms with Crippen molar-refractivity contribution in [3.63, 3.8) is 0 Å². The average Bonchev–Trinajstić information content (AvgIpc) is 3.58. The van der Waals surface area contributed by atoms with Gasteiger partial charge in [-0.05, 0) is 110 Å². The Kier molecular flexibility index (Phi) is 11.1. The molecule has 1 saturated heterocycles. The summed E-state index contributed by atoms with van der Waals surface area (Å²) in [5, 5.41) is 20.0. The molecule has 3 aliphatic rings. The zero-order valence-electron chi connectivity index (χ0n) is 29.8. The van der Waals surface area contributed by atoms with Crippen LogP contribution in [0.2, 0.25) is 5.02 Å². The quantitative estimate of drug-likeness (QED) is 0.180. The molecule has 0 saturated carbocycles. The van der Waals surface area contributed by atoms with E-state index in [2.05, 4.69) is 33.7 Å². The van der Waals surface area contributed by atoms with Gasteiger partial charge in [-0.2, -0.15) is 5.26 Å². The number of rotatable bonds is 7. The molecule has 0 unspecified atom stereocenters. The van der Waals surface area contributed by atoms with Crippen molar-refractivity contribution >= 4 is 47.2 Å². The number of nitriles is 1. The maximum absolute atomic E-state index is 14.9. The van der Waals surface area contributed by atoms with E-state index < -0.39 is 0 Å². The van der Waals surface area contributed by atoms with Gasteiger partial charge in [-0.25, -0.2) is 0 Å². The SMILES string of the molecule is Cl.N#Cc1ccc(N(C(=O)c2cc(-c3cc(Cl)ccc3C(=O)N3Cc4ccccc4C[C@H]3CN3CCOCC3)n3c2CCCC3)c2ccc(O)cc2)cc1. The lowest BCUT2D eigenvalue weighted by molar-refractivity contribution is 0.0193. The summed E-state index contributed by atoms with van der Waals surface area (Å²) in [6, 6.07) is 31.3. The number of anilines is 2. The van der Waals surface area contributed by atoms with E-state index in [9.17, 15) is 20.0 Å². The molecule has 1 N–H and O–H groups in total. The highest BCUT2D eigenvalue weighted by Crippen LogP contribution is 2.38. The predicted octanol–water partition coefficient (Wildman–Crippen LogP) is 8.02. The molecule has 11 heteroatoms. The molecular formula is C43H41Cl2N5O4. The molecule has 1 fully saturated rings. The summed E-state index contributed by atoms with van der Waals surface area (Å²) in [7, 11) is 0. The van der Waals surface area contributed by atoms with Crippen molar-refractivity contribution in [3.8, 4) is 23.1 Å². The van der Waals surface area contributed by atoms with Crippen LogP contribution < -0.4 is 4.90 Å². The number of nitrogens with zero attached hydrogens (tertiary/aromatic N) is 5. The largest absolute Gasteiger partial charge is 0.508 e. The van der Waals surface area contributed by atoms with Gasteiger partial charge in [0.25, 0.3) is 11.8 Å². The number of carbonyl (C=O) groups is 2. The number of amides is 2. The summed E-state index contributed by atoms with van der Waals surface area (Å²) in [6.07, 6.45) is 3.33. The standard InChI is InChI=1S/C43H40ClN5O4.ClH/c44-32-10-17-37(42(51)48-27-31-6-2-1-5-30(31)23-35(48)28-46-19-21-53-22-20-46)38(24-32)41-25-39(40-7-3-4-18-47(40)41)43(52)49(34-13-15-36(50)16-14-34)33-11-8-29(26-45)9-12-33;/h1-2,5-6,8-17,24-25,35,50H,3-4,7,18-23,27-28H2;1H/t35-;/m0./s1. The molecule has 0 bridgehead atoms.